The van der Waals surface area contributed by atoms with Gasteiger partial charge in [-0.25, -0.2) is 10.2 Å². The molecule has 0 saturated carbocycles. The number of ether oxygens (including phenoxy) is 3. The zero-order valence-electron chi connectivity index (χ0n) is 27.2. The molecule has 19 heteroatoms. The lowest BCUT2D eigenvalue weighted by atomic mass is 9.90. The zero-order valence-corrected chi connectivity index (χ0v) is 30.3. The summed E-state index contributed by atoms with van der Waals surface area (Å²) in [4.78, 5) is 0. The third kappa shape index (κ3) is 11.7. The molecule has 0 spiro atoms. The van der Waals surface area contributed by atoms with E-state index in [1.54, 1.807) is 12.1 Å². The lowest BCUT2D eigenvalue weighted by Gasteiger charge is -2.40. The molecule has 4 rings (SSSR count). The van der Waals surface area contributed by atoms with Crippen molar-refractivity contribution in [2.75, 3.05) is 44.7 Å². The number of rotatable bonds is 15. The second kappa shape index (κ2) is 20.9. The number of aliphatic hydroxyl groups excluding tert-OH is 8. The third-order valence-electron chi connectivity index (χ3n) is 7.85. The van der Waals surface area contributed by atoms with Crippen LogP contribution < -0.4 is 14.9 Å². The maximum absolute atomic E-state index is 12.6. The molecule has 2 saturated heterocycles. The monoisotopic (exact) mass is 790 g/mol. The van der Waals surface area contributed by atoms with Crippen molar-refractivity contribution < 1.29 is 64.2 Å². The van der Waals surface area contributed by atoms with Crippen molar-refractivity contribution in [3.05, 3.63) is 64.2 Å². The van der Waals surface area contributed by atoms with E-state index in [9.17, 15) is 40.3 Å². The largest absolute Gasteiger partial charge is 0.494 e. The first-order valence-electron chi connectivity index (χ1n) is 15.8. The van der Waals surface area contributed by atoms with E-state index in [1.165, 1.54) is 0 Å². The molecule has 2 fully saturated rings. The fraction of sp³-hybridized carbons (Fsp3) is 0.613. The van der Waals surface area contributed by atoms with Gasteiger partial charge >= 0.3 is 7.67 Å². The zero-order chi connectivity index (χ0) is 37.0. The molecule has 50 heavy (non-hydrogen) atoms. The second-order valence-electron chi connectivity index (χ2n) is 11.4. The Bertz CT molecular complexity index is 1340. The summed E-state index contributed by atoms with van der Waals surface area (Å²) in [7, 11) is -3.67. The van der Waals surface area contributed by atoms with Gasteiger partial charge < -0.3 is 55.1 Å². The van der Waals surface area contributed by atoms with E-state index in [0.29, 0.717) is 23.6 Å². The first-order valence-corrected chi connectivity index (χ1v) is 18.9. The van der Waals surface area contributed by atoms with Gasteiger partial charge in [0.25, 0.3) is 0 Å². The van der Waals surface area contributed by atoms with Gasteiger partial charge in [-0.3, -0.25) is 9.09 Å². The minimum atomic E-state index is -3.67. The third-order valence-corrected chi connectivity index (χ3v) is 10.4. The average molecular weight is 792 g/mol. The van der Waals surface area contributed by atoms with Gasteiger partial charge in [0.15, 0.2) is 6.29 Å². The molecular weight excluding hydrogens is 746 g/mol. The molecule has 0 amide bonds. The summed E-state index contributed by atoms with van der Waals surface area (Å²) in [6, 6.07) is 12.9. The number of nitrogens with one attached hydrogen (secondary N) is 2. The summed E-state index contributed by atoms with van der Waals surface area (Å²) in [5, 5.41) is 83.7. The van der Waals surface area contributed by atoms with Crippen molar-refractivity contribution in [2.45, 2.75) is 74.6 Å². The summed E-state index contributed by atoms with van der Waals surface area (Å²) in [6.45, 7) is 1.75. The van der Waals surface area contributed by atoms with Crippen molar-refractivity contribution in [1.82, 2.24) is 10.2 Å². The predicted molar refractivity (Wildman–Crippen MR) is 184 cm³/mol. The van der Waals surface area contributed by atoms with E-state index in [-0.39, 0.29) is 24.8 Å². The molecule has 15 nitrogen and oxygen atoms in total. The van der Waals surface area contributed by atoms with Crippen LogP contribution in [0.1, 0.15) is 29.7 Å². The molecule has 284 valence electrons. The minimum absolute atomic E-state index is 0.144. The van der Waals surface area contributed by atoms with E-state index < -0.39 is 82.1 Å². The topological polar surface area (TPSA) is 240 Å². The normalized spacial score (nSPS) is 30.0. The first kappa shape index (κ1) is 43.2. The highest BCUT2D eigenvalue weighted by Crippen LogP contribution is 2.41. The molecule has 2 heterocycles. The lowest BCUT2D eigenvalue weighted by Crippen LogP contribution is -2.59. The Hall–Kier alpha value is -1.18. The standard InChI is InChI=1S/C21H25ClO6.C10H21Cl2N2O7P/c1-2-27-15-6-3-12(4-7-15)9-14-10-13(5-8-16(14)22)21-20(26)19(25)18(24)17(11-23)28-21;11-1-3-13-22(19,14-4-2-12)21-10-9(18)8(17)7(16)6(5-15)20-10/h3-8,10,17-21,23-26H,2,9,11H2,1H3;6-10,15-18H,1-5H2,(H2,13,14,19)/t17-,18-,19+,20-,21+;6-,7-,8+,9-,10+/m11/s1. The molecule has 2 aromatic rings. The molecule has 0 radical (unpaired) electrons. The molecule has 2 aromatic carbocycles. The van der Waals surface area contributed by atoms with Crippen molar-refractivity contribution in [1.29, 1.82) is 0 Å². The van der Waals surface area contributed by atoms with Gasteiger partial charge in [-0.05, 0) is 48.2 Å². The van der Waals surface area contributed by atoms with Gasteiger partial charge in [-0.15, -0.1) is 23.2 Å². The van der Waals surface area contributed by atoms with Crippen LogP contribution in [-0.4, -0.2) is 141 Å². The highest BCUT2D eigenvalue weighted by Gasteiger charge is 2.47. The van der Waals surface area contributed by atoms with E-state index in [1.807, 2.05) is 37.3 Å². The first-order chi connectivity index (χ1) is 23.8. The number of hydrogen-bond donors (Lipinski definition) is 10. The maximum Gasteiger partial charge on any atom is 0.343 e. The van der Waals surface area contributed by atoms with Gasteiger partial charge in [0.1, 0.15) is 60.7 Å². The molecule has 0 aliphatic carbocycles. The van der Waals surface area contributed by atoms with Crippen LogP contribution in [0.2, 0.25) is 5.02 Å². The molecule has 10 N–H and O–H groups in total. The molecule has 0 aromatic heterocycles. The molecular formula is C31H46Cl3N2O13P. The smallest absolute Gasteiger partial charge is 0.343 e. The van der Waals surface area contributed by atoms with Crippen LogP contribution in [0.3, 0.4) is 0 Å². The number of hydrogen-bond acceptors (Lipinski definition) is 13. The lowest BCUT2D eigenvalue weighted by molar-refractivity contribution is -0.277. The van der Waals surface area contributed by atoms with Crippen LogP contribution in [0.5, 0.6) is 5.75 Å². The Kier molecular flexibility index (Phi) is 18.1. The Morgan fingerprint density at radius 1 is 0.780 bits per heavy atom. The van der Waals surface area contributed by atoms with Crippen LogP contribution in [-0.2, 0) is 25.0 Å². The van der Waals surface area contributed by atoms with Crippen LogP contribution in [0, 0.1) is 0 Å². The van der Waals surface area contributed by atoms with Crippen LogP contribution >= 0.6 is 42.5 Å². The second-order valence-corrected chi connectivity index (χ2v) is 14.5. The maximum atomic E-state index is 12.6. The van der Waals surface area contributed by atoms with Crippen LogP contribution in [0.25, 0.3) is 0 Å². The Morgan fingerprint density at radius 3 is 1.88 bits per heavy atom. The van der Waals surface area contributed by atoms with Gasteiger partial charge in [-0.2, -0.15) is 0 Å². The van der Waals surface area contributed by atoms with Crippen molar-refractivity contribution >= 4 is 42.5 Å². The molecule has 2 aliphatic heterocycles. The van der Waals surface area contributed by atoms with Crippen molar-refractivity contribution in [3.8, 4) is 5.75 Å². The van der Waals surface area contributed by atoms with E-state index in [4.69, 9.17) is 58.6 Å². The SMILES string of the molecule is CCOc1ccc(Cc2cc([C@@H]3O[C@H](CO)[C@@H](O)[C@H](O)[C@H]3O)ccc2Cl)cc1.O=P(NCCCl)(NCCCl)O[C@@H]1O[C@H](CO)[C@@H](O)[C@H](O)[C@H]1O. The molecule has 0 unspecified atom stereocenters. The predicted octanol–water partition coefficient (Wildman–Crippen LogP) is 0.412. The fourth-order valence-corrected chi connectivity index (χ4v) is 7.36. The summed E-state index contributed by atoms with van der Waals surface area (Å²) in [6.07, 6.45) is -12.9. The summed E-state index contributed by atoms with van der Waals surface area (Å²) in [5.74, 6) is 1.11. The van der Waals surface area contributed by atoms with Crippen molar-refractivity contribution in [3.63, 3.8) is 0 Å². The summed E-state index contributed by atoms with van der Waals surface area (Å²) >= 11 is 17.4. The van der Waals surface area contributed by atoms with Crippen LogP contribution in [0.15, 0.2) is 42.5 Å². The molecule has 10 atom stereocenters. The summed E-state index contributed by atoms with van der Waals surface area (Å²) < 4.78 is 34.0. The fourth-order valence-electron chi connectivity index (χ4n) is 5.18. The quantitative estimate of drug-likeness (QED) is 0.0869. The van der Waals surface area contributed by atoms with E-state index >= 15 is 0 Å². The van der Waals surface area contributed by atoms with E-state index in [2.05, 4.69) is 10.2 Å². The molecule has 2 aliphatic rings. The highest BCUT2D eigenvalue weighted by molar-refractivity contribution is 7.54. The van der Waals surface area contributed by atoms with Gasteiger partial charge in [-0.1, -0.05) is 35.9 Å². The highest BCUT2D eigenvalue weighted by atomic mass is 35.5. The molecule has 0 bridgehead atoms. The number of aliphatic hydroxyl groups is 8. The Labute approximate surface area is 305 Å². The Morgan fingerprint density at radius 2 is 1.34 bits per heavy atom. The van der Waals surface area contributed by atoms with Gasteiger partial charge in [0, 0.05) is 29.9 Å². The van der Waals surface area contributed by atoms with Gasteiger partial charge in [0.05, 0.1) is 19.8 Å². The van der Waals surface area contributed by atoms with Crippen molar-refractivity contribution in [2.24, 2.45) is 0 Å². The van der Waals surface area contributed by atoms with Gasteiger partial charge in [0.2, 0.25) is 0 Å². The summed E-state index contributed by atoms with van der Waals surface area (Å²) in [5.41, 5.74) is 2.49. The Balaban J connectivity index is 0.000000279. The minimum Gasteiger partial charge on any atom is -0.494 e. The van der Waals surface area contributed by atoms with Crippen LogP contribution in [0.4, 0.5) is 0 Å². The number of alkyl halides is 2. The average Bonchev–Trinajstić information content (AvgIpc) is 3.11. The number of halogens is 3. The number of benzene rings is 2. The van der Waals surface area contributed by atoms with E-state index in [0.717, 1.165) is 16.9 Å².